The molecule has 1 nitrogen and oxygen atoms in total. The maximum atomic E-state index is 11.3. The van der Waals surface area contributed by atoms with Gasteiger partial charge in [0.25, 0.3) is 0 Å². The zero-order valence-electron chi connectivity index (χ0n) is 9.81. The van der Waals surface area contributed by atoms with Crippen LogP contribution in [0.25, 0.3) is 0 Å². The van der Waals surface area contributed by atoms with Crippen LogP contribution in [0.4, 0.5) is 0 Å². The zero-order chi connectivity index (χ0) is 10.5. The first-order valence-corrected chi connectivity index (χ1v) is 5.58. The Morgan fingerprint density at radius 2 is 1.85 bits per heavy atom. The van der Waals surface area contributed by atoms with Crippen LogP contribution >= 0.6 is 0 Å². The molecule has 2 unspecified atom stereocenters. The van der Waals surface area contributed by atoms with E-state index in [0.717, 1.165) is 6.42 Å². The van der Waals surface area contributed by atoms with Gasteiger partial charge in [-0.3, -0.25) is 4.79 Å². The summed E-state index contributed by atoms with van der Waals surface area (Å²) in [5, 5.41) is 0. The third-order valence-corrected chi connectivity index (χ3v) is 3.48. The molecule has 78 valence electrons. The second kappa shape index (κ2) is 5.41. The summed E-state index contributed by atoms with van der Waals surface area (Å²) in [5.41, 5.74) is -0.00174. The number of rotatable bonds is 1. The summed E-state index contributed by atoms with van der Waals surface area (Å²) < 4.78 is 0. The van der Waals surface area contributed by atoms with Crippen LogP contribution in [0.1, 0.15) is 60.3 Å². The smallest absolute Gasteiger partial charge is 0.135 e. The molecule has 0 aliphatic heterocycles. The van der Waals surface area contributed by atoms with Crippen molar-refractivity contribution in [3.8, 4) is 0 Å². The Kier molecular flexibility index (Phi) is 5.27. The van der Waals surface area contributed by atoms with E-state index in [2.05, 4.69) is 13.8 Å². The average Bonchev–Trinajstić information content (AvgIpc) is 2.13. The molecular formula is C12H24O. The highest BCUT2D eigenvalue weighted by Gasteiger charge is 2.37. The van der Waals surface area contributed by atoms with Crippen molar-refractivity contribution >= 4 is 5.78 Å². The van der Waals surface area contributed by atoms with Crippen LogP contribution in [-0.2, 0) is 4.79 Å². The molecule has 2 atom stereocenters. The lowest BCUT2D eigenvalue weighted by Gasteiger charge is -2.37. The lowest BCUT2D eigenvalue weighted by atomic mass is 9.66. The van der Waals surface area contributed by atoms with Crippen LogP contribution in [-0.4, -0.2) is 5.78 Å². The fraction of sp³-hybridized carbons (Fsp3) is 0.917. The van der Waals surface area contributed by atoms with Crippen LogP contribution in [0.5, 0.6) is 0 Å². The molecule has 0 aromatic rings. The second-order valence-corrected chi connectivity index (χ2v) is 4.12. The predicted octanol–water partition coefficient (Wildman–Crippen LogP) is 3.82. The van der Waals surface area contributed by atoms with Gasteiger partial charge in [-0.2, -0.15) is 0 Å². The summed E-state index contributed by atoms with van der Waals surface area (Å²) in [5.74, 6) is 0.971. The Labute approximate surface area is 82.9 Å². The summed E-state index contributed by atoms with van der Waals surface area (Å²) in [6.45, 7) is 10.1. The fourth-order valence-corrected chi connectivity index (χ4v) is 2.03. The van der Waals surface area contributed by atoms with E-state index in [4.69, 9.17) is 0 Å². The molecule has 0 amide bonds. The predicted molar refractivity (Wildman–Crippen MR) is 57.8 cm³/mol. The molecule has 1 fully saturated rings. The molecule has 13 heavy (non-hydrogen) atoms. The highest BCUT2D eigenvalue weighted by atomic mass is 16.1. The van der Waals surface area contributed by atoms with E-state index in [1.165, 1.54) is 19.3 Å². The topological polar surface area (TPSA) is 17.1 Å². The highest BCUT2D eigenvalue weighted by molar-refractivity contribution is 5.82. The largest absolute Gasteiger partial charge is 0.299 e. The molecule has 0 heterocycles. The molecule has 0 radical (unpaired) electrons. The van der Waals surface area contributed by atoms with Crippen LogP contribution in [0.3, 0.4) is 0 Å². The Bertz CT molecular complexity index is 163. The third kappa shape index (κ3) is 2.82. The number of hydrogen-bond donors (Lipinski definition) is 0. The fourth-order valence-electron chi connectivity index (χ4n) is 2.03. The molecule has 0 saturated heterocycles. The van der Waals surface area contributed by atoms with Crippen molar-refractivity contribution in [3.63, 3.8) is 0 Å². The number of hydrogen-bond acceptors (Lipinski definition) is 1. The SMILES string of the molecule is CC.CC(=O)C1(C)CCCCC1C. The summed E-state index contributed by atoms with van der Waals surface area (Å²) in [4.78, 5) is 11.3. The number of ketones is 1. The van der Waals surface area contributed by atoms with Gasteiger partial charge in [0, 0.05) is 5.41 Å². The molecule has 0 aromatic heterocycles. The number of Topliss-reactive ketones (excluding diaryl/α,β-unsaturated/α-hetero) is 1. The lowest BCUT2D eigenvalue weighted by molar-refractivity contribution is -0.130. The molecule has 0 spiro atoms. The van der Waals surface area contributed by atoms with Gasteiger partial charge in [0.1, 0.15) is 5.78 Å². The van der Waals surface area contributed by atoms with Crippen LogP contribution < -0.4 is 0 Å². The van der Waals surface area contributed by atoms with Gasteiger partial charge < -0.3 is 0 Å². The monoisotopic (exact) mass is 184 g/mol. The average molecular weight is 184 g/mol. The van der Waals surface area contributed by atoms with Gasteiger partial charge in [-0.1, -0.05) is 40.5 Å². The van der Waals surface area contributed by atoms with E-state index in [9.17, 15) is 4.79 Å². The summed E-state index contributed by atoms with van der Waals surface area (Å²) >= 11 is 0. The highest BCUT2D eigenvalue weighted by Crippen LogP contribution is 2.41. The maximum absolute atomic E-state index is 11.3. The summed E-state index contributed by atoms with van der Waals surface area (Å²) in [7, 11) is 0. The van der Waals surface area contributed by atoms with E-state index >= 15 is 0 Å². The van der Waals surface area contributed by atoms with Gasteiger partial charge in [-0.25, -0.2) is 0 Å². The van der Waals surface area contributed by atoms with Gasteiger partial charge in [0.2, 0.25) is 0 Å². The first-order chi connectivity index (χ1) is 6.07. The number of carbonyl (C=O) groups is 1. The van der Waals surface area contributed by atoms with E-state index < -0.39 is 0 Å². The quantitative estimate of drug-likeness (QED) is 0.605. The molecule has 1 aliphatic carbocycles. The molecule has 1 rings (SSSR count). The van der Waals surface area contributed by atoms with Crippen LogP contribution in [0.15, 0.2) is 0 Å². The van der Waals surface area contributed by atoms with Crippen molar-refractivity contribution < 1.29 is 4.79 Å². The van der Waals surface area contributed by atoms with Gasteiger partial charge in [-0.05, 0) is 25.7 Å². The summed E-state index contributed by atoms with van der Waals surface area (Å²) in [6, 6.07) is 0. The molecule has 0 bridgehead atoms. The maximum Gasteiger partial charge on any atom is 0.135 e. The van der Waals surface area contributed by atoms with Gasteiger partial charge in [0.05, 0.1) is 0 Å². The minimum atomic E-state index is -0.00174. The van der Waals surface area contributed by atoms with E-state index in [1.54, 1.807) is 6.92 Å². The Hall–Kier alpha value is -0.330. The Morgan fingerprint density at radius 3 is 2.15 bits per heavy atom. The zero-order valence-corrected chi connectivity index (χ0v) is 9.81. The standard InChI is InChI=1S/C10H18O.C2H6/c1-8-6-4-5-7-10(8,3)9(2)11;1-2/h8H,4-7H2,1-3H3;1-2H3. The van der Waals surface area contributed by atoms with E-state index in [0.29, 0.717) is 11.7 Å². The van der Waals surface area contributed by atoms with Crippen molar-refractivity contribution in [1.29, 1.82) is 0 Å². The van der Waals surface area contributed by atoms with E-state index in [1.807, 2.05) is 13.8 Å². The van der Waals surface area contributed by atoms with Crippen molar-refractivity contribution in [3.05, 3.63) is 0 Å². The minimum Gasteiger partial charge on any atom is -0.299 e. The Morgan fingerprint density at radius 1 is 1.31 bits per heavy atom. The van der Waals surface area contributed by atoms with Gasteiger partial charge >= 0.3 is 0 Å². The second-order valence-electron chi connectivity index (χ2n) is 4.12. The molecular weight excluding hydrogens is 160 g/mol. The van der Waals surface area contributed by atoms with Crippen molar-refractivity contribution in [2.24, 2.45) is 11.3 Å². The molecule has 1 heteroatoms. The van der Waals surface area contributed by atoms with Gasteiger partial charge in [-0.15, -0.1) is 0 Å². The van der Waals surface area contributed by atoms with Crippen molar-refractivity contribution in [2.45, 2.75) is 60.3 Å². The first-order valence-electron chi connectivity index (χ1n) is 5.58. The molecule has 1 aliphatic rings. The Balaban J connectivity index is 0.000000671. The molecule has 1 saturated carbocycles. The van der Waals surface area contributed by atoms with Crippen LogP contribution in [0.2, 0.25) is 0 Å². The normalized spacial score (nSPS) is 33.2. The molecule has 0 N–H and O–H groups in total. The number of carbonyl (C=O) groups excluding carboxylic acids is 1. The third-order valence-electron chi connectivity index (χ3n) is 3.48. The van der Waals surface area contributed by atoms with Crippen molar-refractivity contribution in [1.82, 2.24) is 0 Å². The van der Waals surface area contributed by atoms with Crippen LogP contribution in [0, 0.1) is 11.3 Å². The van der Waals surface area contributed by atoms with Crippen molar-refractivity contribution in [2.75, 3.05) is 0 Å². The lowest BCUT2D eigenvalue weighted by Crippen LogP contribution is -2.35. The summed E-state index contributed by atoms with van der Waals surface area (Å²) in [6.07, 6.45) is 4.88. The van der Waals surface area contributed by atoms with Gasteiger partial charge in [0.15, 0.2) is 0 Å². The van der Waals surface area contributed by atoms with E-state index in [-0.39, 0.29) is 5.41 Å². The first kappa shape index (κ1) is 12.7. The molecule has 0 aromatic carbocycles. The minimum absolute atomic E-state index is 0.00174.